The molecule has 0 aromatic heterocycles. The highest BCUT2D eigenvalue weighted by atomic mass is 31.2. The summed E-state index contributed by atoms with van der Waals surface area (Å²) in [6.45, 7) is 4.50. The molecule has 0 saturated heterocycles. The number of esters is 3. The van der Waals surface area contributed by atoms with E-state index >= 15 is 0 Å². The van der Waals surface area contributed by atoms with Crippen LogP contribution in [0.15, 0.2) is 85.1 Å². The first-order valence-electron chi connectivity index (χ1n) is 32.5. The second-order valence-electron chi connectivity index (χ2n) is 21.5. The maximum absolute atomic E-state index is 13.0. The summed E-state index contributed by atoms with van der Waals surface area (Å²) in [4.78, 5) is 48.8. The summed E-state index contributed by atoms with van der Waals surface area (Å²) in [5.41, 5.74) is 0. The molecule has 0 rings (SSSR count). The molecule has 11 nitrogen and oxygen atoms in total. The molecule has 0 bridgehead atoms. The molecule has 80 heavy (non-hydrogen) atoms. The zero-order valence-corrected chi connectivity index (χ0v) is 52.2. The van der Waals surface area contributed by atoms with E-state index in [1.807, 2.05) is 0 Å². The third-order valence-electron chi connectivity index (χ3n) is 13.8. The van der Waals surface area contributed by atoms with Gasteiger partial charge in [-0.1, -0.05) is 241 Å². The van der Waals surface area contributed by atoms with Crippen molar-refractivity contribution in [2.45, 2.75) is 303 Å². The van der Waals surface area contributed by atoms with E-state index < -0.39 is 57.8 Å². The fourth-order valence-electron chi connectivity index (χ4n) is 8.84. The molecule has 0 spiro atoms. The summed E-state index contributed by atoms with van der Waals surface area (Å²) in [5, 5.41) is 9.86. The fraction of sp³-hybridized carbons (Fsp3) is 0.750. The summed E-state index contributed by atoms with van der Waals surface area (Å²) in [6, 6.07) is 0. The highest BCUT2D eigenvalue weighted by Crippen LogP contribution is 2.43. The molecule has 0 aliphatic heterocycles. The number of ether oxygens (including phenoxy) is 3. The van der Waals surface area contributed by atoms with Crippen molar-refractivity contribution >= 4 is 25.7 Å². The van der Waals surface area contributed by atoms with Crippen LogP contribution in [0.5, 0.6) is 0 Å². The van der Waals surface area contributed by atoms with Gasteiger partial charge in [0.1, 0.15) is 12.7 Å². The van der Waals surface area contributed by atoms with Crippen molar-refractivity contribution in [3.8, 4) is 0 Å². The Morgan fingerprint density at radius 2 is 0.650 bits per heavy atom. The van der Waals surface area contributed by atoms with Gasteiger partial charge < -0.3 is 24.2 Å². The van der Waals surface area contributed by atoms with Crippen molar-refractivity contribution in [3.63, 3.8) is 0 Å². The van der Waals surface area contributed by atoms with Crippen LogP contribution in [0.1, 0.15) is 290 Å². The monoisotopic (exact) mass is 1140 g/mol. The molecule has 3 atom stereocenters. The van der Waals surface area contributed by atoms with Gasteiger partial charge >= 0.3 is 25.7 Å². The van der Waals surface area contributed by atoms with Crippen LogP contribution >= 0.6 is 7.82 Å². The maximum atomic E-state index is 13.0. The minimum Gasteiger partial charge on any atom is -0.462 e. The predicted molar refractivity (Wildman–Crippen MR) is 334 cm³/mol. The summed E-state index contributed by atoms with van der Waals surface area (Å²) in [7, 11) is -4.77. The lowest BCUT2D eigenvalue weighted by Crippen LogP contribution is -2.30. The number of allylic oxidation sites excluding steroid dienone is 14. The summed E-state index contributed by atoms with van der Waals surface area (Å²) >= 11 is 0. The van der Waals surface area contributed by atoms with E-state index in [9.17, 15) is 28.9 Å². The average Bonchev–Trinajstić information content (AvgIpc) is 3.45. The molecule has 0 aromatic rings. The number of hydrogen-bond donors (Lipinski definition) is 2. The number of unbranched alkanes of at least 4 members (excludes halogenated alkanes) is 29. The van der Waals surface area contributed by atoms with Crippen LogP contribution in [0.2, 0.25) is 0 Å². The second kappa shape index (κ2) is 61.7. The molecule has 0 aromatic carbocycles. The molecule has 0 fully saturated rings. The smallest absolute Gasteiger partial charge is 0.462 e. The molecule has 0 radical (unpaired) electrons. The van der Waals surface area contributed by atoms with Gasteiger partial charge in [-0.05, 0) is 116 Å². The van der Waals surface area contributed by atoms with E-state index in [1.165, 1.54) is 122 Å². The van der Waals surface area contributed by atoms with E-state index in [1.54, 1.807) is 0 Å². The van der Waals surface area contributed by atoms with Crippen LogP contribution < -0.4 is 0 Å². The van der Waals surface area contributed by atoms with Gasteiger partial charge in [-0.25, -0.2) is 4.57 Å². The van der Waals surface area contributed by atoms with E-state index in [2.05, 4.69) is 106 Å². The van der Waals surface area contributed by atoms with Crippen molar-refractivity contribution < 1.29 is 52.2 Å². The lowest BCUT2D eigenvalue weighted by Gasteiger charge is -2.21. The maximum Gasteiger partial charge on any atom is 0.472 e. The van der Waals surface area contributed by atoms with Gasteiger partial charge in [0, 0.05) is 19.3 Å². The van der Waals surface area contributed by atoms with Crippen molar-refractivity contribution in [2.75, 3.05) is 26.4 Å². The fourth-order valence-corrected chi connectivity index (χ4v) is 9.63. The first-order chi connectivity index (χ1) is 39.2. The van der Waals surface area contributed by atoms with Gasteiger partial charge in [0.2, 0.25) is 0 Å². The third-order valence-corrected chi connectivity index (χ3v) is 14.7. The topological polar surface area (TPSA) is 155 Å². The van der Waals surface area contributed by atoms with Crippen LogP contribution in [0.3, 0.4) is 0 Å². The molecule has 0 amide bonds. The zero-order chi connectivity index (χ0) is 58.3. The van der Waals surface area contributed by atoms with E-state index in [4.69, 9.17) is 23.3 Å². The number of carbonyl (C=O) groups excluding carboxylic acids is 3. The van der Waals surface area contributed by atoms with Gasteiger partial charge in [-0.2, -0.15) is 0 Å². The molecule has 12 heteroatoms. The third kappa shape index (κ3) is 59.3. The molecule has 0 saturated carbocycles. The highest BCUT2D eigenvalue weighted by Gasteiger charge is 2.28. The quantitative estimate of drug-likeness (QED) is 0.0197. The van der Waals surface area contributed by atoms with Gasteiger partial charge in [-0.3, -0.25) is 23.4 Å². The van der Waals surface area contributed by atoms with Gasteiger partial charge in [0.25, 0.3) is 0 Å². The Balaban J connectivity index is 4.73. The molecule has 2 N–H and O–H groups in total. The van der Waals surface area contributed by atoms with Crippen LogP contribution in [-0.4, -0.2) is 66.5 Å². The molecule has 0 aliphatic carbocycles. The SMILES string of the molecule is CC/C=C\C/C=C\C/C=C\C/C=C\CCCCCCC(=O)OC(COC(=O)CCCCCCCCCCC/C=C\C/C=C\CCCCC)COP(=O)(O)OCC(CO)OC(=O)CCCCCCCCC/C=C\CCCCCCCC. The largest absolute Gasteiger partial charge is 0.472 e. The minimum atomic E-state index is -4.77. The summed E-state index contributed by atoms with van der Waals surface area (Å²) < 4.78 is 39.7. The summed E-state index contributed by atoms with van der Waals surface area (Å²) in [5.74, 6) is -1.49. The van der Waals surface area contributed by atoms with Crippen LogP contribution in [-0.2, 0) is 42.2 Å². The first-order valence-corrected chi connectivity index (χ1v) is 34.0. The van der Waals surface area contributed by atoms with E-state index in [0.29, 0.717) is 19.3 Å². The Morgan fingerprint density at radius 1 is 0.362 bits per heavy atom. The lowest BCUT2D eigenvalue weighted by atomic mass is 10.1. The molecule has 0 aliphatic rings. The van der Waals surface area contributed by atoms with Crippen LogP contribution in [0.25, 0.3) is 0 Å². The van der Waals surface area contributed by atoms with Crippen molar-refractivity contribution in [3.05, 3.63) is 85.1 Å². The van der Waals surface area contributed by atoms with Gasteiger partial charge in [0.15, 0.2) is 6.10 Å². The normalized spacial score (nSPS) is 13.8. The van der Waals surface area contributed by atoms with Crippen molar-refractivity contribution in [1.29, 1.82) is 0 Å². The van der Waals surface area contributed by atoms with Gasteiger partial charge in [0.05, 0.1) is 19.8 Å². The molecular formula is C68H119O11P. The average molecular weight is 1140 g/mol. The number of aliphatic hydroxyl groups is 1. The molecule has 462 valence electrons. The van der Waals surface area contributed by atoms with Crippen LogP contribution in [0.4, 0.5) is 0 Å². The zero-order valence-electron chi connectivity index (χ0n) is 51.3. The Bertz CT molecular complexity index is 1670. The number of aliphatic hydroxyl groups excluding tert-OH is 1. The van der Waals surface area contributed by atoms with Crippen LogP contribution in [0, 0.1) is 0 Å². The first kappa shape index (κ1) is 76.7. The summed E-state index contributed by atoms with van der Waals surface area (Å²) in [6.07, 6.45) is 72.4. The standard InChI is InChI=1S/C68H119O11P/c1-4-7-10-13-16-19-22-25-28-31-32-35-36-39-42-45-48-51-54-57-66(70)75-61-65(79-68(72)59-56-53-50-47-44-41-38-34-30-27-24-21-18-15-12-9-6-3)63-77-80(73,74)76-62-64(60-69)78-67(71)58-55-52-49-46-43-40-37-33-29-26-23-20-17-14-11-8-5-2/h9,12,16,18-19,21,25-30,38,41,64-65,69H,4-8,10-11,13-15,17,20,22-24,31-37,39-40,42-63H2,1-3H3,(H,73,74)/b12-9-,19-16-,21-18-,28-25-,29-26-,30-27-,41-38-. The van der Waals surface area contributed by atoms with E-state index in [0.717, 1.165) is 109 Å². The number of hydrogen-bond acceptors (Lipinski definition) is 10. The second-order valence-corrected chi connectivity index (χ2v) is 23.0. The van der Waals surface area contributed by atoms with Crippen molar-refractivity contribution in [1.82, 2.24) is 0 Å². The molecule has 3 unspecified atom stereocenters. The predicted octanol–water partition coefficient (Wildman–Crippen LogP) is 19.8. The Morgan fingerprint density at radius 3 is 1.04 bits per heavy atom. The Hall–Kier alpha value is -3.34. The molecular weight excluding hydrogens is 1020 g/mol. The highest BCUT2D eigenvalue weighted by molar-refractivity contribution is 7.47. The Kier molecular flexibility index (Phi) is 59.1. The number of rotatable bonds is 60. The number of carbonyl (C=O) groups is 3. The Labute approximate surface area is 490 Å². The number of phosphoric ester groups is 1. The number of phosphoric acid groups is 1. The molecule has 0 heterocycles. The van der Waals surface area contributed by atoms with Gasteiger partial charge in [-0.15, -0.1) is 0 Å². The lowest BCUT2D eigenvalue weighted by molar-refractivity contribution is -0.161. The van der Waals surface area contributed by atoms with Crippen molar-refractivity contribution in [2.24, 2.45) is 0 Å². The van der Waals surface area contributed by atoms with E-state index in [-0.39, 0.29) is 25.9 Å². The minimum absolute atomic E-state index is 0.136.